The Morgan fingerprint density at radius 2 is 1.83 bits per heavy atom. The minimum Gasteiger partial charge on any atom is -0.445 e. The molecule has 5 rings (SSSR count). The molecule has 1 amide bonds. The number of ether oxygens (including phenoxy) is 3. The van der Waals surface area contributed by atoms with Crippen LogP contribution in [0.2, 0.25) is 0 Å². The maximum absolute atomic E-state index is 13.3. The average Bonchev–Trinajstić information content (AvgIpc) is 3.34. The summed E-state index contributed by atoms with van der Waals surface area (Å²) in [5, 5.41) is 3.15. The molecule has 2 saturated heterocycles. The molecule has 6 nitrogen and oxygen atoms in total. The lowest BCUT2D eigenvalue weighted by atomic mass is 9.80. The molecular formula is C29H37FN2O4. The molecule has 3 atom stereocenters. The van der Waals surface area contributed by atoms with E-state index in [9.17, 15) is 9.18 Å². The molecule has 2 aromatic carbocycles. The summed E-state index contributed by atoms with van der Waals surface area (Å²) in [5.74, 6) is 0.0938. The molecule has 3 fully saturated rings. The van der Waals surface area contributed by atoms with Gasteiger partial charge >= 0.3 is 6.09 Å². The lowest BCUT2D eigenvalue weighted by molar-refractivity contribution is -0.189. The first-order chi connectivity index (χ1) is 17.6. The van der Waals surface area contributed by atoms with Crippen molar-refractivity contribution in [1.82, 2.24) is 10.2 Å². The van der Waals surface area contributed by atoms with Crippen LogP contribution in [-0.2, 0) is 27.2 Å². The third-order valence-electron chi connectivity index (χ3n) is 7.86. The van der Waals surface area contributed by atoms with E-state index >= 15 is 0 Å². The molecule has 3 aliphatic rings. The van der Waals surface area contributed by atoms with E-state index in [4.69, 9.17) is 14.2 Å². The summed E-state index contributed by atoms with van der Waals surface area (Å²) in [5.41, 5.74) is 2.16. The number of carbonyl (C=O) groups is 1. The monoisotopic (exact) mass is 496 g/mol. The van der Waals surface area contributed by atoms with Crippen LogP contribution < -0.4 is 5.32 Å². The maximum Gasteiger partial charge on any atom is 0.407 e. The number of nitrogens with zero attached hydrogens (tertiary/aromatic N) is 1. The number of hydrogen-bond acceptors (Lipinski definition) is 5. The molecule has 194 valence electrons. The molecule has 1 N–H and O–H groups in total. The summed E-state index contributed by atoms with van der Waals surface area (Å²) in [6.07, 6.45) is 5.36. The summed E-state index contributed by atoms with van der Waals surface area (Å²) >= 11 is 0. The molecule has 2 aromatic rings. The van der Waals surface area contributed by atoms with Crippen molar-refractivity contribution in [2.45, 2.75) is 57.0 Å². The van der Waals surface area contributed by atoms with Crippen LogP contribution in [0.5, 0.6) is 0 Å². The first-order valence-corrected chi connectivity index (χ1v) is 13.3. The van der Waals surface area contributed by atoms with E-state index in [1.165, 1.54) is 12.0 Å². The van der Waals surface area contributed by atoms with Crippen molar-refractivity contribution in [2.75, 3.05) is 32.8 Å². The Morgan fingerprint density at radius 1 is 1.06 bits per heavy atom. The Balaban J connectivity index is 1.18. The van der Waals surface area contributed by atoms with Crippen LogP contribution >= 0.6 is 0 Å². The number of amides is 1. The van der Waals surface area contributed by atoms with E-state index in [-0.39, 0.29) is 18.5 Å². The molecule has 36 heavy (non-hydrogen) atoms. The standard InChI is InChI=1S/C29H37FN2O4/c30-26-10-8-22(9-11-26)17-24-7-4-14-32(19-24)20-25-12-13-29(35-15-16-36-29)18-27(25)31-28(33)34-21-23-5-2-1-3-6-23/h1-3,5-6,8-11,24-25,27H,4,7,12-21H2,(H,31,33). The lowest BCUT2D eigenvalue weighted by Crippen LogP contribution is -2.54. The largest absolute Gasteiger partial charge is 0.445 e. The van der Waals surface area contributed by atoms with Gasteiger partial charge in [0.05, 0.1) is 13.2 Å². The van der Waals surface area contributed by atoms with Crippen LogP contribution in [0.3, 0.4) is 0 Å². The van der Waals surface area contributed by atoms with Crippen LogP contribution in [0.4, 0.5) is 9.18 Å². The van der Waals surface area contributed by atoms with Crippen LogP contribution in [0.15, 0.2) is 54.6 Å². The van der Waals surface area contributed by atoms with Gasteiger partial charge in [-0.15, -0.1) is 0 Å². The van der Waals surface area contributed by atoms with Crippen LogP contribution in [-0.4, -0.2) is 55.7 Å². The van der Waals surface area contributed by atoms with Crippen molar-refractivity contribution < 1.29 is 23.4 Å². The normalized spacial score (nSPS) is 26.1. The number of nitrogens with one attached hydrogen (secondary N) is 1. The molecule has 7 heteroatoms. The quantitative estimate of drug-likeness (QED) is 0.590. The molecule has 0 aromatic heterocycles. The van der Waals surface area contributed by atoms with Crippen molar-refractivity contribution >= 4 is 6.09 Å². The van der Waals surface area contributed by atoms with Crippen LogP contribution in [0.25, 0.3) is 0 Å². The smallest absolute Gasteiger partial charge is 0.407 e. The highest BCUT2D eigenvalue weighted by Gasteiger charge is 2.46. The van der Waals surface area contributed by atoms with Gasteiger partial charge in [-0.3, -0.25) is 0 Å². The van der Waals surface area contributed by atoms with E-state index in [1.54, 1.807) is 12.1 Å². The van der Waals surface area contributed by atoms with Gasteiger partial charge in [0.15, 0.2) is 5.79 Å². The molecule has 1 saturated carbocycles. The average molecular weight is 497 g/mol. The Bertz CT molecular complexity index is 981. The molecule has 1 aliphatic carbocycles. The zero-order chi connectivity index (χ0) is 24.8. The molecule has 1 spiro atoms. The number of rotatable bonds is 7. The minimum atomic E-state index is -0.582. The van der Waals surface area contributed by atoms with Gasteiger partial charge in [0, 0.05) is 32.0 Å². The number of carbonyl (C=O) groups excluding carboxylic acids is 1. The molecular weight excluding hydrogens is 459 g/mol. The molecule has 0 bridgehead atoms. The zero-order valence-electron chi connectivity index (χ0n) is 20.9. The molecule has 2 aliphatic heterocycles. The van der Waals surface area contributed by atoms with E-state index < -0.39 is 11.9 Å². The maximum atomic E-state index is 13.3. The van der Waals surface area contributed by atoms with Gasteiger partial charge < -0.3 is 24.4 Å². The summed E-state index contributed by atoms with van der Waals surface area (Å²) in [7, 11) is 0. The van der Waals surface area contributed by atoms with Gasteiger partial charge in [-0.1, -0.05) is 42.5 Å². The van der Waals surface area contributed by atoms with Crippen molar-refractivity contribution in [1.29, 1.82) is 0 Å². The number of halogens is 1. The molecule has 3 unspecified atom stereocenters. The molecule has 2 heterocycles. The fourth-order valence-corrected chi connectivity index (χ4v) is 6.04. The number of benzene rings is 2. The minimum absolute atomic E-state index is 0.0717. The van der Waals surface area contributed by atoms with Crippen molar-refractivity contribution in [3.05, 3.63) is 71.5 Å². The Labute approximate surface area is 213 Å². The van der Waals surface area contributed by atoms with Gasteiger partial charge in [-0.05, 0) is 67.3 Å². The summed E-state index contributed by atoms with van der Waals surface area (Å²) < 4.78 is 30.8. The number of alkyl carbamates (subject to hydrolysis) is 1. The van der Waals surface area contributed by atoms with Crippen LogP contribution in [0, 0.1) is 17.7 Å². The Kier molecular flexibility index (Phi) is 8.19. The second kappa shape index (κ2) is 11.7. The van der Waals surface area contributed by atoms with Crippen molar-refractivity contribution in [3.8, 4) is 0 Å². The second-order valence-electron chi connectivity index (χ2n) is 10.5. The summed E-state index contributed by atoms with van der Waals surface area (Å²) in [6, 6.07) is 16.6. The summed E-state index contributed by atoms with van der Waals surface area (Å²) in [4.78, 5) is 15.3. The van der Waals surface area contributed by atoms with Crippen molar-refractivity contribution in [2.24, 2.45) is 11.8 Å². The zero-order valence-corrected chi connectivity index (χ0v) is 20.9. The second-order valence-corrected chi connectivity index (χ2v) is 10.5. The van der Waals surface area contributed by atoms with E-state index in [2.05, 4.69) is 10.2 Å². The highest BCUT2D eigenvalue weighted by Crippen LogP contribution is 2.39. The SMILES string of the molecule is O=C(NC1CC2(CCC1CN1CCCC(Cc3ccc(F)cc3)C1)OCCO2)OCc1ccccc1. The van der Waals surface area contributed by atoms with Gasteiger partial charge in [-0.25, -0.2) is 9.18 Å². The van der Waals surface area contributed by atoms with E-state index in [1.807, 2.05) is 42.5 Å². The van der Waals surface area contributed by atoms with Gasteiger partial charge in [-0.2, -0.15) is 0 Å². The van der Waals surface area contributed by atoms with Gasteiger partial charge in [0.25, 0.3) is 0 Å². The highest BCUT2D eigenvalue weighted by molar-refractivity contribution is 5.67. The van der Waals surface area contributed by atoms with E-state index in [0.717, 1.165) is 50.9 Å². The fraction of sp³-hybridized carbons (Fsp3) is 0.552. The summed E-state index contributed by atoms with van der Waals surface area (Å²) in [6.45, 7) is 4.48. The first kappa shape index (κ1) is 25.2. The topological polar surface area (TPSA) is 60.0 Å². The van der Waals surface area contributed by atoms with Crippen molar-refractivity contribution in [3.63, 3.8) is 0 Å². The Morgan fingerprint density at radius 3 is 2.61 bits per heavy atom. The lowest BCUT2D eigenvalue weighted by Gasteiger charge is -2.44. The predicted octanol–water partition coefficient (Wildman–Crippen LogP) is 4.92. The predicted molar refractivity (Wildman–Crippen MR) is 135 cm³/mol. The fourth-order valence-electron chi connectivity index (χ4n) is 6.04. The third kappa shape index (κ3) is 6.64. The first-order valence-electron chi connectivity index (χ1n) is 13.3. The van der Waals surface area contributed by atoms with Crippen LogP contribution in [0.1, 0.15) is 43.2 Å². The highest BCUT2D eigenvalue weighted by atomic mass is 19.1. The van der Waals surface area contributed by atoms with Gasteiger partial charge in [0.2, 0.25) is 0 Å². The Hall–Kier alpha value is -2.48. The van der Waals surface area contributed by atoms with E-state index in [0.29, 0.717) is 31.5 Å². The number of piperidine rings is 1. The number of hydrogen-bond donors (Lipinski definition) is 1. The molecule has 0 radical (unpaired) electrons. The third-order valence-corrected chi connectivity index (χ3v) is 7.86. The van der Waals surface area contributed by atoms with Gasteiger partial charge in [0.1, 0.15) is 12.4 Å². The number of likely N-dealkylation sites (tertiary alicyclic amines) is 1.